The smallest absolute Gasteiger partial charge is 0.150 e. The Balaban J connectivity index is 1.38. The number of allylic oxidation sites excluding steroid dienone is 1. The molecule has 34 heavy (non-hydrogen) atoms. The molecule has 3 aromatic rings. The molecule has 0 unspecified atom stereocenters. The van der Waals surface area contributed by atoms with Gasteiger partial charge in [0.1, 0.15) is 35.7 Å². The van der Waals surface area contributed by atoms with Crippen LogP contribution in [-0.4, -0.2) is 48.0 Å². The first-order chi connectivity index (χ1) is 16.5. The lowest BCUT2D eigenvalue weighted by Gasteiger charge is -2.37. The average molecular weight is 462 g/mol. The second-order valence-corrected chi connectivity index (χ2v) is 8.96. The van der Waals surface area contributed by atoms with Gasteiger partial charge in [0.15, 0.2) is 0 Å². The average Bonchev–Trinajstić information content (AvgIpc) is 2.80. The lowest BCUT2D eigenvalue weighted by molar-refractivity contribution is 0.0668. The number of aromatic hydroxyl groups is 2. The van der Waals surface area contributed by atoms with Crippen LogP contribution in [0.2, 0.25) is 0 Å². The third-order valence-corrected chi connectivity index (χ3v) is 6.55. The van der Waals surface area contributed by atoms with Crippen LogP contribution in [0.25, 0.3) is 11.1 Å². The number of phenols is 2. The van der Waals surface area contributed by atoms with Crippen molar-refractivity contribution in [3.8, 4) is 23.0 Å². The van der Waals surface area contributed by atoms with Crippen molar-refractivity contribution in [3.05, 3.63) is 83.4 Å². The van der Waals surface area contributed by atoms with E-state index in [1.165, 1.54) is 0 Å². The molecule has 1 atom stereocenters. The van der Waals surface area contributed by atoms with Crippen molar-refractivity contribution in [1.82, 2.24) is 4.90 Å². The molecule has 2 heterocycles. The van der Waals surface area contributed by atoms with Crippen molar-refractivity contribution < 1.29 is 24.1 Å². The van der Waals surface area contributed by atoms with Crippen LogP contribution in [0, 0.1) is 5.92 Å². The number of hydrogen-bond donors (Lipinski definition) is 2. The lowest BCUT2D eigenvalue weighted by atomic mass is 9.86. The number of likely N-dealkylation sites (tertiary alicyclic amines) is 1. The molecule has 5 rings (SSSR count). The van der Waals surface area contributed by atoms with Crippen LogP contribution in [0.1, 0.15) is 29.7 Å². The van der Waals surface area contributed by atoms with E-state index in [0.29, 0.717) is 12.4 Å². The van der Waals surface area contributed by atoms with Crippen LogP contribution in [0.3, 0.4) is 0 Å². The van der Waals surface area contributed by atoms with Gasteiger partial charge < -0.3 is 19.7 Å². The van der Waals surface area contributed by atoms with Gasteiger partial charge in [-0.2, -0.15) is 0 Å². The number of nitrogens with zero attached hydrogens (tertiary/aromatic N) is 1. The van der Waals surface area contributed by atoms with Crippen LogP contribution in [0.5, 0.6) is 23.0 Å². The molecular formula is C28H28FNO4. The summed E-state index contributed by atoms with van der Waals surface area (Å²) in [5.41, 5.74) is 4.71. The summed E-state index contributed by atoms with van der Waals surface area (Å²) < 4.78 is 24.9. The zero-order valence-corrected chi connectivity index (χ0v) is 19.1. The Kier molecular flexibility index (Phi) is 6.16. The molecule has 3 aromatic carbocycles. The summed E-state index contributed by atoms with van der Waals surface area (Å²) in [6.45, 7) is 4.74. The van der Waals surface area contributed by atoms with Crippen molar-refractivity contribution >= 4 is 11.1 Å². The molecule has 1 fully saturated rings. The molecule has 0 spiro atoms. The maximum absolute atomic E-state index is 12.6. The number of phenolic OH excluding ortho intramolecular Hbond substituents is 2. The third kappa shape index (κ3) is 4.46. The summed E-state index contributed by atoms with van der Waals surface area (Å²) in [5, 5.41) is 20.1. The first-order valence-corrected chi connectivity index (χ1v) is 11.5. The molecule has 5 nitrogen and oxygen atoms in total. The van der Waals surface area contributed by atoms with E-state index in [1.807, 2.05) is 49.4 Å². The standard InChI is InChI=1S/C28H28FNO4/c1-18-25-10-7-23(32)14-26(25)34-28(27(18)21-3-2-4-22(31)13-21)20-5-8-24(9-6-20)33-12-11-30-16-19(15-29)17-30/h2-10,13-14,19,28,31-32H,11-12,15-17H2,1H3/t28-/m0/s1. The van der Waals surface area contributed by atoms with Crippen molar-refractivity contribution in [2.75, 3.05) is 32.9 Å². The summed E-state index contributed by atoms with van der Waals surface area (Å²) in [4.78, 5) is 2.19. The van der Waals surface area contributed by atoms with Gasteiger partial charge in [-0.3, -0.25) is 9.29 Å². The number of hydrogen-bond acceptors (Lipinski definition) is 5. The Labute approximate surface area is 198 Å². The molecule has 6 heteroatoms. The van der Waals surface area contributed by atoms with Crippen LogP contribution in [-0.2, 0) is 0 Å². The van der Waals surface area contributed by atoms with E-state index in [4.69, 9.17) is 9.47 Å². The van der Waals surface area contributed by atoms with Gasteiger partial charge in [0, 0.05) is 42.8 Å². The van der Waals surface area contributed by atoms with E-state index >= 15 is 0 Å². The summed E-state index contributed by atoms with van der Waals surface area (Å²) in [7, 11) is 0. The maximum atomic E-state index is 12.6. The van der Waals surface area contributed by atoms with Gasteiger partial charge in [0.2, 0.25) is 0 Å². The number of benzene rings is 3. The SMILES string of the molecule is CC1=C(c2cccc(O)c2)[C@H](c2ccc(OCCN3CC(CF)C3)cc2)Oc2cc(O)ccc21. The molecule has 0 aliphatic carbocycles. The van der Waals surface area contributed by atoms with E-state index in [9.17, 15) is 14.6 Å². The zero-order valence-electron chi connectivity index (χ0n) is 19.1. The van der Waals surface area contributed by atoms with Crippen molar-refractivity contribution in [1.29, 1.82) is 0 Å². The molecule has 2 aliphatic rings. The maximum Gasteiger partial charge on any atom is 0.150 e. The Morgan fingerprint density at radius 2 is 1.76 bits per heavy atom. The molecule has 1 saturated heterocycles. The van der Waals surface area contributed by atoms with Gasteiger partial charge in [-0.15, -0.1) is 0 Å². The normalized spacial score (nSPS) is 18.2. The summed E-state index contributed by atoms with van der Waals surface area (Å²) in [6, 6.07) is 20.1. The topological polar surface area (TPSA) is 62.2 Å². The highest BCUT2D eigenvalue weighted by molar-refractivity contribution is 5.95. The van der Waals surface area contributed by atoms with Gasteiger partial charge in [-0.05, 0) is 60.0 Å². The predicted octanol–water partition coefficient (Wildman–Crippen LogP) is 5.44. The number of rotatable bonds is 7. The Hall–Kier alpha value is -3.51. The van der Waals surface area contributed by atoms with E-state index in [-0.39, 0.29) is 24.1 Å². The minimum absolute atomic E-state index is 0.148. The molecule has 0 amide bonds. The first kappa shape index (κ1) is 22.3. The second kappa shape index (κ2) is 9.39. The van der Waals surface area contributed by atoms with E-state index in [1.54, 1.807) is 24.3 Å². The third-order valence-electron chi connectivity index (χ3n) is 6.55. The quantitative estimate of drug-likeness (QED) is 0.491. The van der Waals surface area contributed by atoms with Crippen molar-refractivity contribution in [2.45, 2.75) is 13.0 Å². The molecule has 176 valence electrons. The number of halogens is 1. The van der Waals surface area contributed by atoms with E-state index < -0.39 is 6.10 Å². The van der Waals surface area contributed by atoms with Gasteiger partial charge in [0.25, 0.3) is 0 Å². The fraction of sp³-hybridized carbons (Fsp3) is 0.286. The number of ether oxygens (including phenoxy) is 2. The minimum atomic E-state index is -0.413. The molecule has 0 bridgehead atoms. The Morgan fingerprint density at radius 1 is 1.00 bits per heavy atom. The Morgan fingerprint density at radius 3 is 2.50 bits per heavy atom. The molecule has 2 N–H and O–H groups in total. The minimum Gasteiger partial charge on any atom is -0.508 e. The van der Waals surface area contributed by atoms with Crippen LogP contribution in [0.4, 0.5) is 4.39 Å². The predicted molar refractivity (Wildman–Crippen MR) is 130 cm³/mol. The largest absolute Gasteiger partial charge is 0.508 e. The van der Waals surface area contributed by atoms with E-state index in [2.05, 4.69) is 4.90 Å². The molecule has 0 aromatic heterocycles. The summed E-state index contributed by atoms with van der Waals surface area (Å²) in [5.74, 6) is 1.90. The van der Waals surface area contributed by atoms with Gasteiger partial charge in [-0.1, -0.05) is 24.3 Å². The fourth-order valence-corrected chi connectivity index (χ4v) is 4.71. The van der Waals surface area contributed by atoms with Crippen molar-refractivity contribution in [3.63, 3.8) is 0 Å². The van der Waals surface area contributed by atoms with Gasteiger partial charge in [-0.25, -0.2) is 0 Å². The molecule has 2 aliphatic heterocycles. The van der Waals surface area contributed by atoms with E-state index in [0.717, 1.165) is 53.2 Å². The van der Waals surface area contributed by atoms with Crippen LogP contribution >= 0.6 is 0 Å². The number of alkyl halides is 1. The highest BCUT2D eigenvalue weighted by Crippen LogP contribution is 2.47. The second-order valence-electron chi connectivity index (χ2n) is 8.96. The van der Waals surface area contributed by atoms with Crippen LogP contribution < -0.4 is 9.47 Å². The molecular weight excluding hydrogens is 433 g/mol. The molecule has 0 saturated carbocycles. The van der Waals surface area contributed by atoms with Crippen molar-refractivity contribution in [2.24, 2.45) is 5.92 Å². The molecule has 0 radical (unpaired) electrons. The highest BCUT2D eigenvalue weighted by Gasteiger charge is 2.30. The lowest BCUT2D eigenvalue weighted by Crippen LogP contribution is -2.49. The van der Waals surface area contributed by atoms with Gasteiger partial charge in [0.05, 0.1) is 6.67 Å². The Bertz CT molecular complexity index is 1200. The summed E-state index contributed by atoms with van der Waals surface area (Å²) in [6.07, 6.45) is -0.413. The summed E-state index contributed by atoms with van der Waals surface area (Å²) >= 11 is 0. The highest BCUT2D eigenvalue weighted by atomic mass is 19.1. The van der Waals surface area contributed by atoms with Crippen LogP contribution in [0.15, 0.2) is 66.7 Å². The zero-order chi connectivity index (χ0) is 23.7. The monoisotopic (exact) mass is 461 g/mol. The first-order valence-electron chi connectivity index (χ1n) is 11.5. The number of fused-ring (bicyclic) bond motifs is 1. The van der Waals surface area contributed by atoms with Gasteiger partial charge >= 0.3 is 0 Å². The fourth-order valence-electron chi connectivity index (χ4n) is 4.71.